The van der Waals surface area contributed by atoms with E-state index < -0.39 is 10.0 Å². The molecular weight excluding hydrogens is 382 g/mol. The second-order valence-corrected chi connectivity index (χ2v) is 9.45. The summed E-state index contributed by atoms with van der Waals surface area (Å²) in [7, 11) is -1.85. The van der Waals surface area contributed by atoms with Crippen LogP contribution in [0, 0.1) is 6.92 Å². The van der Waals surface area contributed by atoms with Crippen molar-refractivity contribution >= 4 is 15.9 Å². The minimum Gasteiger partial charge on any atom is -0.379 e. The van der Waals surface area contributed by atoms with E-state index in [0.29, 0.717) is 31.9 Å². The molecule has 1 atom stereocenters. The number of ether oxygens (including phenoxy) is 1. The van der Waals surface area contributed by atoms with Gasteiger partial charge in [-0.3, -0.25) is 9.69 Å². The maximum absolute atomic E-state index is 12.9. The lowest BCUT2D eigenvalue weighted by atomic mass is 10.2. The van der Waals surface area contributed by atoms with Crippen LogP contribution in [0.3, 0.4) is 0 Å². The molecule has 2 aliphatic heterocycles. The predicted octanol–water partition coefficient (Wildman–Crippen LogP) is 0.0623. The van der Waals surface area contributed by atoms with Gasteiger partial charge in [0.15, 0.2) is 5.03 Å². The Kier molecular flexibility index (Phi) is 6.74. The lowest BCUT2D eigenvalue weighted by molar-refractivity contribution is -0.131. The summed E-state index contributed by atoms with van der Waals surface area (Å²) in [6.07, 6.45) is 3.08. The summed E-state index contributed by atoms with van der Waals surface area (Å²) in [6.45, 7) is 9.04. The van der Waals surface area contributed by atoms with E-state index in [9.17, 15) is 13.2 Å². The van der Waals surface area contributed by atoms with Crippen LogP contribution in [-0.2, 0) is 26.6 Å². The van der Waals surface area contributed by atoms with Crippen molar-refractivity contribution < 1.29 is 17.9 Å². The van der Waals surface area contributed by atoms with Crippen molar-refractivity contribution in [3.05, 3.63) is 12.0 Å². The molecule has 1 aromatic rings. The summed E-state index contributed by atoms with van der Waals surface area (Å²) in [6, 6.07) is -0.0817. The van der Waals surface area contributed by atoms with E-state index in [0.717, 1.165) is 39.3 Å². The normalized spacial score (nSPS) is 21.9. The van der Waals surface area contributed by atoms with E-state index in [1.807, 2.05) is 4.90 Å². The molecule has 0 radical (unpaired) electrons. The lowest BCUT2D eigenvalue weighted by Crippen LogP contribution is -2.43. The smallest absolute Gasteiger partial charge is 0.262 e. The molecule has 1 amide bonds. The van der Waals surface area contributed by atoms with Gasteiger partial charge in [-0.1, -0.05) is 0 Å². The molecule has 10 heteroatoms. The molecule has 3 rings (SSSR count). The second kappa shape index (κ2) is 8.89. The number of sulfonamides is 1. The molecule has 0 spiro atoms. The number of carbonyl (C=O) groups is 1. The van der Waals surface area contributed by atoms with Gasteiger partial charge in [0.05, 0.1) is 13.2 Å². The van der Waals surface area contributed by atoms with Gasteiger partial charge >= 0.3 is 0 Å². The fourth-order valence-corrected chi connectivity index (χ4v) is 5.37. The molecule has 0 aromatic carbocycles. The Morgan fingerprint density at radius 3 is 2.64 bits per heavy atom. The summed E-state index contributed by atoms with van der Waals surface area (Å²) in [5, 5.41) is 0.0786. The van der Waals surface area contributed by atoms with E-state index >= 15 is 0 Å². The van der Waals surface area contributed by atoms with Crippen LogP contribution < -0.4 is 0 Å². The monoisotopic (exact) mass is 413 g/mol. The molecule has 2 aliphatic rings. The maximum Gasteiger partial charge on any atom is 0.262 e. The molecule has 3 heterocycles. The highest BCUT2D eigenvalue weighted by Crippen LogP contribution is 2.23. The van der Waals surface area contributed by atoms with Crippen LogP contribution in [0.1, 0.15) is 25.6 Å². The Bertz CT molecular complexity index is 768. The Balaban J connectivity index is 1.58. The highest BCUT2D eigenvalue weighted by atomic mass is 32.2. The van der Waals surface area contributed by atoms with Crippen LogP contribution in [0.5, 0.6) is 0 Å². The standard InChI is InChI=1S/C18H31N5O4S/c1-15-19-18(14-20(15)3)28(25,26)22-8-5-17(13-22)23(16(2)24)7-4-6-21-9-11-27-12-10-21/h14,17H,4-13H2,1-3H3. The summed E-state index contributed by atoms with van der Waals surface area (Å²) >= 11 is 0. The third kappa shape index (κ3) is 4.73. The first kappa shape index (κ1) is 21.2. The van der Waals surface area contributed by atoms with Crippen LogP contribution in [0.15, 0.2) is 11.2 Å². The topological polar surface area (TPSA) is 88.0 Å². The average molecular weight is 414 g/mol. The Labute approximate surface area is 167 Å². The zero-order valence-corrected chi connectivity index (χ0v) is 17.8. The minimum absolute atomic E-state index is 0.0000870. The zero-order valence-electron chi connectivity index (χ0n) is 17.0. The first-order chi connectivity index (χ1) is 13.3. The van der Waals surface area contributed by atoms with Crippen molar-refractivity contribution in [3.8, 4) is 0 Å². The number of imidazole rings is 1. The first-order valence-corrected chi connectivity index (χ1v) is 11.3. The van der Waals surface area contributed by atoms with Gasteiger partial charge in [0, 0.05) is 65.5 Å². The molecular formula is C18H31N5O4S. The van der Waals surface area contributed by atoms with E-state index in [1.54, 1.807) is 31.7 Å². The molecule has 158 valence electrons. The largest absolute Gasteiger partial charge is 0.379 e. The van der Waals surface area contributed by atoms with Crippen LogP contribution in [0.25, 0.3) is 0 Å². The summed E-state index contributed by atoms with van der Waals surface area (Å²) in [5.74, 6) is 0.655. The number of carbonyl (C=O) groups excluding carboxylic acids is 1. The van der Waals surface area contributed by atoms with Crippen molar-refractivity contribution in [2.24, 2.45) is 7.05 Å². The number of aromatic nitrogens is 2. The fourth-order valence-electron chi connectivity index (χ4n) is 3.85. The van der Waals surface area contributed by atoms with Gasteiger partial charge in [-0.05, 0) is 19.8 Å². The van der Waals surface area contributed by atoms with Crippen molar-refractivity contribution in [1.82, 2.24) is 23.7 Å². The van der Waals surface area contributed by atoms with Crippen molar-refractivity contribution in [2.45, 2.75) is 37.8 Å². The number of amides is 1. The van der Waals surface area contributed by atoms with Gasteiger partial charge in [-0.15, -0.1) is 0 Å². The molecule has 0 aliphatic carbocycles. The molecule has 0 N–H and O–H groups in total. The molecule has 9 nitrogen and oxygen atoms in total. The fraction of sp³-hybridized carbons (Fsp3) is 0.778. The number of hydrogen-bond acceptors (Lipinski definition) is 6. The third-order valence-corrected chi connectivity index (χ3v) is 7.38. The Morgan fingerprint density at radius 2 is 2.04 bits per heavy atom. The van der Waals surface area contributed by atoms with Crippen molar-refractivity contribution in [3.63, 3.8) is 0 Å². The summed E-state index contributed by atoms with van der Waals surface area (Å²) in [4.78, 5) is 20.5. The number of hydrogen-bond donors (Lipinski definition) is 0. The van der Waals surface area contributed by atoms with Gasteiger partial charge in [-0.2, -0.15) is 4.31 Å². The average Bonchev–Trinajstić information content (AvgIpc) is 3.27. The highest BCUT2D eigenvalue weighted by Gasteiger charge is 2.37. The quantitative estimate of drug-likeness (QED) is 0.628. The second-order valence-electron chi connectivity index (χ2n) is 7.56. The van der Waals surface area contributed by atoms with Crippen LogP contribution >= 0.6 is 0 Å². The van der Waals surface area contributed by atoms with E-state index in [4.69, 9.17) is 4.74 Å². The van der Waals surface area contributed by atoms with Crippen LogP contribution in [0.4, 0.5) is 0 Å². The van der Waals surface area contributed by atoms with Gasteiger partial charge in [-0.25, -0.2) is 13.4 Å². The lowest BCUT2D eigenvalue weighted by Gasteiger charge is -2.30. The Morgan fingerprint density at radius 1 is 1.32 bits per heavy atom. The SMILES string of the molecule is CC(=O)N(CCCN1CCOCC1)C1CCN(S(=O)(=O)c2cn(C)c(C)n2)C1. The first-order valence-electron chi connectivity index (χ1n) is 9.86. The minimum atomic E-state index is -3.63. The Hall–Kier alpha value is -1.49. The summed E-state index contributed by atoms with van der Waals surface area (Å²) in [5.41, 5.74) is 0. The molecule has 0 saturated carbocycles. The molecule has 2 saturated heterocycles. The van der Waals surface area contributed by atoms with Gasteiger partial charge in [0.1, 0.15) is 5.82 Å². The highest BCUT2D eigenvalue weighted by molar-refractivity contribution is 7.89. The van der Waals surface area contributed by atoms with Crippen molar-refractivity contribution in [2.75, 3.05) is 52.5 Å². The molecule has 28 heavy (non-hydrogen) atoms. The third-order valence-electron chi connectivity index (χ3n) is 5.64. The zero-order chi connectivity index (χ0) is 20.3. The molecule has 0 bridgehead atoms. The van der Waals surface area contributed by atoms with Gasteiger partial charge in [0.2, 0.25) is 5.91 Å². The van der Waals surface area contributed by atoms with Crippen LogP contribution in [-0.4, -0.2) is 96.5 Å². The molecule has 2 fully saturated rings. The number of aryl methyl sites for hydroxylation is 2. The predicted molar refractivity (Wildman–Crippen MR) is 104 cm³/mol. The number of morpholine rings is 1. The van der Waals surface area contributed by atoms with E-state index in [2.05, 4.69) is 9.88 Å². The van der Waals surface area contributed by atoms with Gasteiger partial charge < -0.3 is 14.2 Å². The number of nitrogens with zero attached hydrogens (tertiary/aromatic N) is 5. The molecule has 1 unspecified atom stereocenters. The van der Waals surface area contributed by atoms with Crippen LogP contribution in [0.2, 0.25) is 0 Å². The van der Waals surface area contributed by atoms with Crippen molar-refractivity contribution in [1.29, 1.82) is 0 Å². The van der Waals surface area contributed by atoms with E-state index in [-0.39, 0.29) is 17.0 Å². The summed E-state index contributed by atoms with van der Waals surface area (Å²) < 4.78 is 34.3. The van der Waals surface area contributed by atoms with Gasteiger partial charge in [0.25, 0.3) is 10.0 Å². The molecule has 1 aromatic heterocycles. The van der Waals surface area contributed by atoms with E-state index in [1.165, 1.54) is 4.31 Å². The maximum atomic E-state index is 12.9. The number of rotatable bonds is 7.